The lowest BCUT2D eigenvalue weighted by Gasteiger charge is -2.21. The molecule has 0 radical (unpaired) electrons. The van der Waals surface area contributed by atoms with Gasteiger partial charge in [0, 0.05) is 31.4 Å². The van der Waals surface area contributed by atoms with E-state index in [1.54, 1.807) is 0 Å². The van der Waals surface area contributed by atoms with Gasteiger partial charge in [0.25, 0.3) is 0 Å². The molecule has 3 aromatic rings. The predicted octanol–water partition coefficient (Wildman–Crippen LogP) is 5.66. The minimum absolute atomic E-state index is 0.177. The average Bonchev–Trinajstić information content (AvgIpc) is 2.71. The molecule has 2 N–H and O–H groups in total. The first-order chi connectivity index (χ1) is 13.2. The van der Waals surface area contributed by atoms with Crippen molar-refractivity contribution in [3.8, 4) is 5.75 Å². The van der Waals surface area contributed by atoms with Gasteiger partial charge < -0.3 is 15.4 Å². The Hall–Kier alpha value is -2.94. The molecule has 0 amide bonds. The Morgan fingerprint density at radius 2 is 1.22 bits per heavy atom. The first-order valence-corrected chi connectivity index (χ1v) is 9.45. The molecule has 0 spiro atoms. The van der Waals surface area contributed by atoms with E-state index in [1.807, 2.05) is 21.0 Å². The standard InChI is InChI=1S/C24H28N2O/c1-5-27-23-15-10-20(16-17(23)2)24(18-6-11-21(25-3)12-7-18)19-8-13-22(26-4)14-9-19/h6-16,24-26H,5H2,1-4H3. The van der Waals surface area contributed by atoms with Gasteiger partial charge in [-0.2, -0.15) is 0 Å². The van der Waals surface area contributed by atoms with Gasteiger partial charge in [0.2, 0.25) is 0 Å². The van der Waals surface area contributed by atoms with Crippen LogP contribution < -0.4 is 15.4 Å². The third kappa shape index (κ3) is 4.25. The molecule has 3 nitrogen and oxygen atoms in total. The number of hydrogen-bond donors (Lipinski definition) is 2. The Morgan fingerprint density at radius 3 is 1.63 bits per heavy atom. The summed E-state index contributed by atoms with van der Waals surface area (Å²) in [6.45, 7) is 4.81. The van der Waals surface area contributed by atoms with Gasteiger partial charge >= 0.3 is 0 Å². The van der Waals surface area contributed by atoms with Crippen molar-refractivity contribution >= 4 is 11.4 Å². The molecule has 0 aromatic heterocycles. The number of rotatable bonds is 7. The Balaban J connectivity index is 2.06. The van der Waals surface area contributed by atoms with Crippen molar-refractivity contribution in [2.24, 2.45) is 0 Å². The van der Waals surface area contributed by atoms with Gasteiger partial charge in [-0.25, -0.2) is 0 Å². The van der Waals surface area contributed by atoms with Gasteiger partial charge in [-0.15, -0.1) is 0 Å². The molecular formula is C24H28N2O. The van der Waals surface area contributed by atoms with Crippen LogP contribution in [0.15, 0.2) is 66.7 Å². The van der Waals surface area contributed by atoms with Crippen LogP contribution in [0.2, 0.25) is 0 Å². The first-order valence-electron chi connectivity index (χ1n) is 9.45. The van der Waals surface area contributed by atoms with Crippen molar-refractivity contribution in [2.75, 3.05) is 31.3 Å². The van der Waals surface area contributed by atoms with E-state index >= 15 is 0 Å². The van der Waals surface area contributed by atoms with Crippen LogP contribution in [0.5, 0.6) is 5.75 Å². The number of benzene rings is 3. The maximum Gasteiger partial charge on any atom is 0.122 e. The first kappa shape index (κ1) is 18.8. The van der Waals surface area contributed by atoms with Gasteiger partial charge in [0.05, 0.1) is 6.61 Å². The van der Waals surface area contributed by atoms with E-state index < -0.39 is 0 Å². The molecule has 0 aliphatic rings. The lowest BCUT2D eigenvalue weighted by Crippen LogP contribution is -2.05. The zero-order chi connectivity index (χ0) is 19.2. The lowest BCUT2D eigenvalue weighted by atomic mass is 9.84. The highest BCUT2D eigenvalue weighted by Gasteiger charge is 2.18. The number of ether oxygens (including phenoxy) is 1. The van der Waals surface area contributed by atoms with Crippen molar-refractivity contribution in [3.05, 3.63) is 89.0 Å². The van der Waals surface area contributed by atoms with E-state index in [9.17, 15) is 0 Å². The summed E-state index contributed by atoms with van der Waals surface area (Å²) in [5.74, 6) is 1.13. The molecule has 3 heteroatoms. The molecule has 140 valence electrons. The molecule has 0 heterocycles. The van der Waals surface area contributed by atoms with E-state index in [1.165, 1.54) is 16.7 Å². The molecule has 0 fully saturated rings. The third-order valence-corrected chi connectivity index (χ3v) is 4.90. The summed E-state index contributed by atoms with van der Waals surface area (Å²) in [5, 5.41) is 6.39. The van der Waals surface area contributed by atoms with E-state index in [-0.39, 0.29) is 5.92 Å². The summed E-state index contributed by atoms with van der Waals surface area (Å²) in [7, 11) is 3.89. The monoisotopic (exact) mass is 360 g/mol. The summed E-state index contributed by atoms with van der Waals surface area (Å²) in [5.41, 5.74) is 7.21. The minimum atomic E-state index is 0.177. The second-order valence-electron chi connectivity index (χ2n) is 6.63. The van der Waals surface area contributed by atoms with Gasteiger partial charge in [0.15, 0.2) is 0 Å². The van der Waals surface area contributed by atoms with E-state index in [2.05, 4.69) is 84.3 Å². The topological polar surface area (TPSA) is 33.3 Å². The number of anilines is 2. The molecule has 27 heavy (non-hydrogen) atoms. The highest BCUT2D eigenvalue weighted by Crippen LogP contribution is 2.35. The van der Waals surface area contributed by atoms with Crippen LogP contribution in [0.3, 0.4) is 0 Å². The number of hydrogen-bond acceptors (Lipinski definition) is 3. The predicted molar refractivity (Wildman–Crippen MR) is 115 cm³/mol. The molecule has 0 aliphatic carbocycles. The molecule has 0 unspecified atom stereocenters. The smallest absolute Gasteiger partial charge is 0.122 e. The molecular weight excluding hydrogens is 332 g/mol. The van der Waals surface area contributed by atoms with Crippen molar-refractivity contribution < 1.29 is 4.74 Å². The van der Waals surface area contributed by atoms with Gasteiger partial charge in [-0.3, -0.25) is 0 Å². The second-order valence-corrected chi connectivity index (χ2v) is 6.63. The Morgan fingerprint density at radius 1 is 0.741 bits per heavy atom. The Bertz CT molecular complexity index is 822. The number of aryl methyl sites for hydroxylation is 1. The van der Waals surface area contributed by atoms with E-state index in [4.69, 9.17) is 4.74 Å². The molecule has 0 saturated heterocycles. The molecule has 0 saturated carbocycles. The third-order valence-electron chi connectivity index (χ3n) is 4.90. The Kier molecular flexibility index (Phi) is 6.02. The van der Waals surface area contributed by atoms with E-state index in [0.29, 0.717) is 6.61 Å². The van der Waals surface area contributed by atoms with Crippen LogP contribution in [0.1, 0.15) is 35.1 Å². The van der Waals surface area contributed by atoms with Crippen LogP contribution in [-0.4, -0.2) is 20.7 Å². The quantitative estimate of drug-likeness (QED) is 0.534. The largest absolute Gasteiger partial charge is 0.494 e. The van der Waals surface area contributed by atoms with Crippen molar-refractivity contribution in [2.45, 2.75) is 19.8 Å². The fraction of sp³-hybridized carbons (Fsp3) is 0.250. The maximum absolute atomic E-state index is 5.73. The zero-order valence-electron chi connectivity index (χ0n) is 16.5. The van der Waals surface area contributed by atoms with Crippen LogP contribution in [0.4, 0.5) is 11.4 Å². The SMILES string of the molecule is CCOc1ccc(C(c2ccc(NC)cc2)c2ccc(NC)cc2)cc1C. The van der Waals surface area contributed by atoms with Gasteiger partial charge in [-0.1, -0.05) is 36.4 Å². The summed E-state index contributed by atoms with van der Waals surface area (Å²) in [6.07, 6.45) is 0. The van der Waals surface area contributed by atoms with Crippen LogP contribution >= 0.6 is 0 Å². The van der Waals surface area contributed by atoms with Crippen molar-refractivity contribution in [1.29, 1.82) is 0 Å². The average molecular weight is 361 g/mol. The normalized spacial score (nSPS) is 10.7. The summed E-state index contributed by atoms with van der Waals surface area (Å²) < 4.78 is 5.73. The van der Waals surface area contributed by atoms with Gasteiger partial charge in [0.1, 0.15) is 5.75 Å². The van der Waals surface area contributed by atoms with Crippen LogP contribution in [0.25, 0.3) is 0 Å². The minimum Gasteiger partial charge on any atom is -0.494 e. The molecule has 0 atom stereocenters. The lowest BCUT2D eigenvalue weighted by molar-refractivity contribution is 0.338. The molecule has 0 aliphatic heterocycles. The highest BCUT2D eigenvalue weighted by atomic mass is 16.5. The highest BCUT2D eigenvalue weighted by molar-refractivity contribution is 5.53. The Labute approximate surface area is 162 Å². The van der Waals surface area contributed by atoms with E-state index in [0.717, 1.165) is 22.7 Å². The molecule has 0 bridgehead atoms. The summed E-state index contributed by atoms with van der Waals surface area (Å²) in [4.78, 5) is 0. The van der Waals surface area contributed by atoms with Crippen LogP contribution in [-0.2, 0) is 0 Å². The van der Waals surface area contributed by atoms with Crippen molar-refractivity contribution in [1.82, 2.24) is 0 Å². The maximum atomic E-state index is 5.73. The molecule has 3 rings (SSSR count). The molecule has 3 aromatic carbocycles. The number of nitrogens with one attached hydrogen (secondary N) is 2. The summed E-state index contributed by atoms with van der Waals surface area (Å²) in [6, 6.07) is 23.8. The van der Waals surface area contributed by atoms with Crippen molar-refractivity contribution in [3.63, 3.8) is 0 Å². The second kappa shape index (κ2) is 8.63. The zero-order valence-corrected chi connectivity index (χ0v) is 16.5. The fourth-order valence-electron chi connectivity index (χ4n) is 3.43. The van der Waals surface area contributed by atoms with Crippen LogP contribution in [0, 0.1) is 6.92 Å². The summed E-state index contributed by atoms with van der Waals surface area (Å²) >= 11 is 0. The fourth-order valence-corrected chi connectivity index (χ4v) is 3.43. The van der Waals surface area contributed by atoms with Gasteiger partial charge in [-0.05, 0) is 66.4 Å².